The number of carbonyl (C=O) groups is 2. The van der Waals surface area contributed by atoms with E-state index in [9.17, 15) is 9.59 Å². The van der Waals surface area contributed by atoms with E-state index in [1.54, 1.807) is 41.4 Å². The third-order valence-electron chi connectivity index (χ3n) is 5.93. The monoisotopic (exact) mass is 483 g/mol. The van der Waals surface area contributed by atoms with Gasteiger partial charge in [0.25, 0.3) is 5.91 Å². The highest BCUT2D eigenvalue weighted by molar-refractivity contribution is 6.05. The molecular weight excluding hydrogens is 450 g/mol. The number of methoxy groups -OCH3 is 4. The van der Waals surface area contributed by atoms with Crippen LogP contribution in [0, 0.1) is 0 Å². The second-order valence-electron chi connectivity index (χ2n) is 8.01. The number of hydrogen-bond donors (Lipinski definition) is 0. The van der Waals surface area contributed by atoms with Crippen LogP contribution in [0.3, 0.4) is 0 Å². The van der Waals surface area contributed by atoms with E-state index in [0.29, 0.717) is 43.2 Å². The summed E-state index contributed by atoms with van der Waals surface area (Å²) in [6.45, 7) is 2.37. The van der Waals surface area contributed by atoms with E-state index in [2.05, 4.69) is 0 Å². The highest BCUT2D eigenvalue weighted by Crippen LogP contribution is 2.36. The molecule has 188 valence electrons. The fraction of sp³-hybridized carbons (Fsp3) is 0.423. The highest BCUT2D eigenvalue weighted by Gasteiger charge is 2.35. The number of nitrogens with zero attached hydrogens (tertiary/aromatic N) is 3. The van der Waals surface area contributed by atoms with Crippen LogP contribution in [0.25, 0.3) is 0 Å². The van der Waals surface area contributed by atoms with Gasteiger partial charge < -0.3 is 23.8 Å². The van der Waals surface area contributed by atoms with Gasteiger partial charge in [-0.25, -0.2) is 5.01 Å². The van der Waals surface area contributed by atoms with Crippen molar-refractivity contribution in [3.05, 3.63) is 53.6 Å². The molecule has 0 spiro atoms. The van der Waals surface area contributed by atoms with Gasteiger partial charge in [0.15, 0.2) is 0 Å². The molecule has 9 heteroatoms. The summed E-state index contributed by atoms with van der Waals surface area (Å²) < 4.78 is 21.3. The van der Waals surface area contributed by atoms with Crippen LogP contribution in [0.1, 0.15) is 36.9 Å². The summed E-state index contributed by atoms with van der Waals surface area (Å²) in [6.07, 6.45) is 0.789. The Balaban J connectivity index is 1.96. The molecule has 2 aromatic rings. The van der Waals surface area contributed by atoms with Crippen LogP contribution in [0.2, 0.25) is 0 Å². The van der Waals surface area contributed by atoms with Gasteiger partial charge in [-0.1, -0.05) is 19.1 Å². The van der Waals surface area contributed by atoms with E-state index in [4.69, 9.17) is 24.0 Å². The standard InChI is InChI=1S/C26H33N3O6/c1-6-25(30)28(13-14-32-2)17-26(31)29-23(18-7-9-19(33-3)10-8-18)16-22(27-29)21-12-11-20(34-4)15-24(21)35-5/h7-12,15,23H,6,13-14,16-17H2,1-5H3. The van der Waals surface area contributed by atoms with Crippen LogP contribution >= 0.6 is 0 Å². The predicted octanol–water partition coefficient (Wildman–Crippen LogP) is 3.28. The maximum Gasteiger partial charge on any atom is 0.262 e. The van der Waals surface area contributed by atoms with Gasteiger partial charge in [-0.2, -0.15) is 5.10 Å². The molecule has 35 heavy (non-hydrogen) atoms. The molecule has 2 aromatic carbocycles. The van der Waals surface area contributed by atoms with Crippen molar-refractivity contribution in [3.63, 3.8) is 0 Å². The van der Waals surface area contributed by atoms with Gasteiger partial charge in [0, 0.05) is 38.1 Å². The molecule has 1 atom stereocenters. The number of carbonyl (C=O) groups excluding carboxylic acids is 2. The first kappa shape index (κ1) is 26.0. The number of amides is 2. The zero-order valence-electron chi connectivity index (χ0n) is 20.9. The Morgan fingerprint density at radius 2 is 1.69 bits per heavy atom. The molecule has 0 radical (unpaired) electrons. The van der Waals surface area contributed by atoms with Crippen molar-refractivity contribution >= 4 is 17.5 Å². The SMILES string of the molecule is CCC(=O)N(CCOC)CC(=O)N1N=C(c2ccc(OC)cc2OC)CC1c1ccc(OC)cc1. The Morgan fingerprint density at radius 3 is 2.29 bits per heavy atom. The minimum atomic E-state index is -0.337. The van der Waals surface area contributed by atoms with E-state index in [0.717, 1.165) is 16.9 Å². The molecule has 0 N–H and O–H groups in total. The van der Waals surface area contributed by atoms with Crippen molar-refractivity contribution in [1.82, 2.24) is 9.91 Å². The van der Waals surface area contributed by atoms with E-state index < -0.39 is 0 Å². The summed E-state index contributed by atoms with van der Waals surface area (Å²) in [4.78, 5) is 27.4. The molecule has 0 aliphatic carbocycles. The van der Waals surface area contributed by atoms with Gasteiger partial charge in [-0.3, -0.25) is 9.59 Å². The molecule has 0 fully saturated rings. The number of hydrazone groups is 1. The van der Waals surface area contributed by atoms with Gasteiger partial charge in [0.1, 0.15) is 23.8 Å². The van der Waals surface area contributed by atoms with E-state index >= 15 is 0 Å². The second kappa shape index (κ2) is 12.2. The highest BCUT2D eigenvalue weighted by atomic mass is 16.5. The first-order valence-electron chi connectivity index (χ1n) is 11.5. The molecule has 0 saturated heterocycles. The summed E-state index contributed by atoms with van der Waals surface area (Å²) in [7, 11) is 6.35. The Hall–Kier alpha value is -3.59. The molecular formula is C26H33N3O6. The van der Waals surface area contributed by atoms with Crippen LogP contribution in [-0.2, 0) is 14.3 Å². The molecule has 1 heterocycles. The zero-order chi connectivity index (χ0) is 25.4. The average molecular weight is 484 g/mol. The third-order valence-corrected chi connectivity index (χ3v) is 5.93. The van der Waals surface area contributed by atoms with Crippen molar-refractivity contribution in [2.45, 2.75) is 25.8 Å². The maximum absolute atomic E-state index is 13.5. The van der Waals surface area contributed by atoms with Crippen molar-refractivity contribution in [3.8, 4) is 17.2 Å². The van der Waals surface area contributed by atoms with Crippen molar-refractivity contribution in [2.24, 2.45) is 5.10 Å². The first-order chi connectivity index (χ1) is 16.9. The second-order valence-corrected chi connectivity index (χ2v) is 8.01. The predicted molar refractivity (Wildman–Crippen MR) is 132 cm³/mol. The van der Waals surface area contributed by atoms with E-state index in [1.165, 1.54) is 9.91 Å². The summed E-state index contributed by atoms with van der Waals surface area (Å²) in [5, 5.41) is 6.20. The molecule has 1 unspecified atom stereocenters. The molecule has 0 saturated carbocycles. The van der Waals surface area contributed by atoms with Crippen molar-refractivity contribution < 1.29 is 28.5 Å². The van der Waals surface area contributed by atoms with Gasteiger partial charge >= 0.3 is 0 Å². The lowest BCUT2D eigenvalue weighted by atomic mass is 9.97. The number of rotatable bonds is 11. The minimum Gasteiger partial charge on any atom is -0.497 e. The smallest absolute Gasteiger partial charge is 0.262 e. The quantitative estimate of drug-likeness (QED) is 0.487. The average Bonchev–Trinajstić information content (AvgIpc) is 3.35. The summed E-state index contributed by atoms with van der Waals surface area (Å²) >= 11 is 0. The lowest BCUT2D eigenvalue weighted by Crippen LogP contribution is -2.42. The van der Waals surface area contributed by atoms with Gasteiger partial charge in [-0.15, -0.1) is 0 Å². The number of ether oxygens (including phenoxy) is 4. The Morgan fingerprint density at radius 1 is 1.00 bits per heavy atom. The summed E-state index contributed by atoms with van der Waals surface area (Å²) in [6, 6.07) is 12.7. The normalized spacial score (nSPS) is 14.9. The number of benzene rings is 2. The zero-order valence-corrected chi connectivity index (χ0v) is 20.9. The van der Waals surface area contributed by atoms with Crippen LogP contribution in [-0.4, -0.2) is 75.6 Å². The van der Waals surface area contributed by atoms with Crippen molar-refractivity contribution in [2.75, 3.05) is 48.1 Å². The molecule has 0 bridgehead atoms. The molecule has 1 aliphatic rings. The molecule has 1 aliphatic heterocycles. The molecule has 9 nitrogen and oxygen atoms in total. The lowest BCUT2D eigenvalue weighted by Gasteiger charge is -2.26. The van der Waals surface area contributed by atoms with Crippen LogP contribution in [0.15, 0.2) is 47.6 Å². The summed E-state index contributed by atoms with van der Waals surface area (Å²) in [5.74, 6) is 1.61. The third kappa shape index (κ3) is 6.10. The molecule has 0 aromatic heterocycles. The first-order valence-corrected chi connectivity index (χ1v) is 11.5. The Bertz CT molecular complexity index is 1050. The fourth-order valence-corrected chi connectivity index (χ4v) is 3.98. The van der Waals surface area contributed by atoms with E-state index in [1.807, 2.05) is 36.4 Å². The van der Waals surface area contributed by atoms with Crippen LogP contribution in [0.4, 0.5) is 0 Å². The molecule has 2 amide bonds. The lowest BCUT2D eigenvalue weighted by molar-refractivity contribution is -0.141. The van der Waals surface area contributed by atoms with Gasteiger partial charge in [0.05, 0.1) is 39.7 Å². The van der Waals surface area contributed by atoms with E-state index in [-0.39, 0.29) is 24.4 Å². The topological polar surface area (TPSA) is 89.9 Å². The van der Waals surface area contributed by atoms with Crippen molar-refractivity contribution in [1.29, 1.82) is 0 Å². The Labute approximate surface area is 206 Å². The number of hydrogen-bond acceptors (Lipinski definition) is 7. The van der Waals surface area contributed by atoms with Crippen LogP contribution in [0.5, 0.6) is 17.2 Å². The van der Waals surface area contributed by atoms with Gasteiger partial charge in [0.2, 0.25) is 5.91 Å². The molecule has 3 rings (SSSR count). The largest absolute Gasteiger partial charge is 0.497 e. The summed E-state index contributed by atoms with van der Waals surface area (Å²) in [5.41, 5.74) is 2.41. The fourth-order valence-electron chi connectivity index (χ4n) is 3.98. The Kier molecular flexibility index (Phi) is 9.08. The van der Waals surface area contributed by atoms with Gasteiger partial charge in [-0.05, 0) is 29.8 Å². The minimum absolute atomic E-state index is 0.0841. The van der Waals surface area contributed by atoms with Crippen LogP contribution < -0.4 is 14.2 Å². The maximum atomic E-state index is 13.5.